The van der Waals surface area contributed by atoms with Crippen LogP contribution in [0.25, 0.3) is 0 Å². The molecule has 0 amide bonds. The molecule has 0 fully saturated rings. The zero-order valence-corrected chi connectivity index (χ0v) is 9.09. The molecule has 0 aliphatic heterocycles. The van der Waals surface area contributed by atoms with E-state index in [0.717, 1.165) is 5.57 Å². The maximum Gasteiger partial charge on any atom is 0.176 e. The fraction of sp³-hybridized carbons (Fsp3) is 0.800. The maximum atomic E-state index is 5.45. The smallest absolute Gasteiger partial charge is 0.176 e. The van der Waals surface area contributed by atoms with E-state index in [1.807, 2.05) is 27.8 Å². The maximum absolute atomic E-state index is 5.45. The molecule has 0 radical (unpaired) electrons. The van der Waals surface area contributed by atoms with Gasteiger partial charge in [0.2, 0.25) is 0 Å². The molecule has 0 aromatic rings. The average Bonchev–Trinajstić information content (AvgIpc) is 2.05. The summed E-state index contributed by atoms with van der Waals surface area (Å²) < 4.78 is 10.9. The number of nitrogens with one attached hydrogen (secondary N) is 1. The number of likely N-dealkylation sites (N-methyl/N-ethyl adjacent to an activating group) is 1. The van der Waals surface area contributed by atoms with Gasteiger partial charge in [-0.2, -0.15) is 0 Å². The topological polar surface area (TPSA) is 30.5 Å². The molecule has 1 unspecified atom stereocenters. The first-order valence-corrected chi connectivity index (χ1v) is 4.73. The molecule has 13 heavy (non-hydrogen) atoms. The van der Waals surface area contributed by atoms with Gasteiger partial charge in [-0.25, -0.2) is 0 Å². The van der Waals surface area contributed by atoms with Crippen LogP contribution in [0.1, 0.15) is 20.8 Å². The first-order valence-electron chi connectivity index (χ1n) is 4.73. The minimum absolute atomic E-state index is 0.0694. The summed E-state index contributed by atoms with van der Waals surface area (Å²) in [6.45, 7) is 11.1. The van der Waals surface area contributed by atoms with E-state index >= 15 is 0 Å². The molecule has 0 saturated carbocycles. The zero-order valence-electron chi connectivity index (χ0n) is 9.09. The molecule has 0 rings (SSSR count). The van der Waals surface area contributed by atoms with Crippen LogP contribution in [-0.2, 0) is 9.47 Å². The molecule has 3 heteroatoms. The second-order valence-electron chi connectivity index (χ2n) is 2.89. The van der Waals surface area contributed by atoms with E-state index in [4.69, 9.17) is 9.47 Å². The summed E-state index contributed by atoms with van der Waals surface area (Å²) in [6, 6.07) is 0.0694. The Morgan fingerprint density at radius 1 is 1.31 bits per heavy atom. The van der Waals surface area contributed by atoms with E-state index in [1.165, 1.54) is 0 Å². The van der Waals surface area contributed by atoms with Crippen molar-refractivity contribution in [1.82, 2.24) is 5.32 Å². The Balaban J connectivity index is 4.20. The predicted octanol–water partition coefficient (Wildman–Crippen LogP) is 1.55. The fourth-order valence-corrected chi connectivity index (χ4v) is 1.18. The van der Waals surface area contributed by atoms with Gasteiger partial charge < -0.3 is 14.8 Å². The van der Waals surface area contributed by atoms with Crippen molar-refractivity contribution in [3.8, 4) is 0 Å². The van der Waals surface area contributed by atoms with Crippen molar-refractivity contribution in [2.75, 3.05) is 20.3 Å². The third-order valence-electron chi connectivity index (χ3n) is 1.78. The SMILES string of the molecule is C=C(C)C(NC)C(OCC)OCC. The summed E-state index contributed by atoms with van der Waals surface area (Å²) in [5.41, 5.74) is 1.02. The first-order chi connectivity index (χ1) is 6.17. The molecule has 0 bridgehead atoms. The van der Waals surface area contributed by atoms with Crippen LogP contribution in [0.5, 0.6) is 0 Å². The number of hydrogen-bond donors (Lipinski definition) is 1. The molecule has 0 aromatic heterocycles. The summed E-state index contributed by atoms with van der Waals surface area (Å²) >= 11 is 0. The molecule has 0 aliphatic carbocycles. The van der Waals surface area contributed by atoms with Crippen LogP contribution in [-0.4, -0.2) is 32.6 Å². The standard InChI is InChI=1S/C10H21NO2/c1-6-12-10(13-7-2)9(11-5)8(3)4/h9-11H,3,6-7H2,1-2,4-5H3. The largest absolute Gasteiger partial charge is 0.351 e. The minimum Gasteiger partial charge on any atom is -0.351 e. The summed E-state index contributed by atoms with van der Waals surface area (Å²) in [5.74, 6) is 0. The van der Waals surface area contributed by atoms with E-state index in [0.29, 0.717) is 13.2 Å². The minimum atomic E-state index is -0.225. The highest BCUT2D eigenvalue weighted by atomic mass is 16.7. The second-order valence-corrected chi connectivity index (χ2v) is 2.89. The zero-order chi connectivity index (χ0) is 10.3. The third kappa shape index (κ3) is 4.41. The summed E-state index contributed by atoms with van der Waals surface area (Å²) in [7, 11) is 1.88. The van der Waals surface area contributed by atoms with E-state index in [2.05, 4.69) is 11.9 Å². The van der Waals surface area contributed by atoms with Gasteiger partial charge in [0.1, 0.15) is 0 Å². The van der Waals surface area contributed by atoms with Gasteiger partial charge in [0.05, 0.1) is 6.04 Å². The predicted molar refractivity (Wildman–Crippen MR) is 54.7 cm³/mol. The van der Waals surface area contributed by atoms with Crippen LogP contribution in [0.2, 0.25) is 0 Å². The molecule has 1 atom stereocenters. The van der Waals surface area contributed by atoms with E-state index in [-0.39, 0.29) is 12.3 Å². The lowest BCUT2D eigenvalue weighted by atomic mass is 10.1. The highest BCUT2D eigenvalue weighted by Gasteiger charge is 2.20. The number of rotatable bonds is 7. The molecular formula is C10H21NO2. The van der Waals surface area contributed by atoms with Crippen LogP contribution in [0.4, 0.5) is 0 Å². The molecule has 0 heterocycles. The van der Waals surface area contributed by atoms with Crippen molar-refractivity contribution in [2.24, 2.45) is 0 Å². The van der Waals surface area contributed by atoms with E-state index < -0.39 is 0 Å². The van der Waals surface area contributed by atoms with Crippen molar-refractivity contribution < 1.29 is 9.47 Å². The molecule has 0 spiro atoms. The molecule has 0 aliphatic rings. The Hall–Kier alpha value is -0.380. The number of hydrogen-bond acceptors (Lipinski definition) is 3. The van der Waals surface area contributed by atoms with Crippen LogP contribution >= 0.6 is 0 Å². The Morgan fingerprint density at radius 3 is 2.00 bits per heavy atom. The Kier molecular flexibility index (Phi) is 6.86. The Bertz CT molecular complexity index is 142. The third-order valence-corrected chi connectivity index (χ3v) is 1.78. The Labute approximate surface area is 81.1 Å². The first kappa shape index (κ1) is 12.6. The highest BCUT2D eigenvalue weighted by Crippen LogP contribution is 2.08. The van der Waals surface area contributed by atoms with Crippen LogP contribution in [0.15, 0.2) is 12.2 Å². The van der Waals surface area contributed by atoms with Crippen LogP contribution < -0.4 is 5.32 Å². The lowest BCUT2D eigenvalue weighted by molar-refractivity contribution is -0.146. The van der Waals surface area contributed by atoms with Gasteiger partial charge >= 0.3 is 0 Å². The van der Waals surface area contributed by atoms with Crippen molar-refractivity contribution in [3.05, 3.63) is 12.2 Å². The number of ether oxygens (including phenoxy) is 2. The average molecular weight is 187 g/mol. The Morgan fingerprint density at radius 2 is 1.77 bits per heavy atom. The van der Waals surface area contributed by atoms with Gasteiger partial charge in [-0.15, -0.1) is 0 Å². The van der Waals surface area contributed by atoms with E-state index in [9.17, 15) is 0 Å². The van der Waals surface area contributed by atoms with Crippen LogP contribution in [0, 0.1) is 0 Å². The molecule has 0 saturated heterocycles. The molecule has 78 valence electrons. The van der Waals surface area contributed by atoms with Gasteiger partial charge in [0.25, 0.3) is 0 Å². The van der Waals surface area contributed by atoms with Gasteiger partial charge in [-0.1, -0.05) is 12.2 Å². The molecule has 1 N–H and O–H groups in total. The lowest BCUT2D eigenvalue weighted by Gasteiger charge is -2.26. The second kappa shape index (κ2) is 7.06. The van der Waals surface area contributed by atoms with Crippen molar-refractivity contribution in [3.63, 3.8) is 0 Å². The van der Waals surface area contributed by atoms with Crippen molar-refractivity contribution in [1.29, 1.82) is 0 Å². The van der Waals surface area contributed by atoms with Gasteiger partial charge in [-0.05, 0) is 27.8 Å². The lowest BCUT2D eigenvalue weighted by Crippen LogP contribution is -2.41. The van der Waals surface area contributed by atoms with Crippen molar-refractivity contribution in [2.45, 2.75) is 33.1 Å². The monoisotopic (exact) mass is 187 g/mol. The van der Waals surface area contributed by atoms with Gasteiger partial charge in [-0.3, -0.25) is 0 Å². The van der Waals surface area contributed by atoms with Gasteiger partial charge in [0.15, 0.2) is 6.29 Å². The summed E-state index contributed by atoms with van der Waals surface area (Å²) in [4.78, 5) is 0. The summed E-state index contributed by atoms with van der Waals surface area (Å²) in [5, 5.41) is 3.12. The normalized spacial score (nSPS) is 13.3. The van der Waals surface area contributed by atoms with Gasteiger partial charge in [0, 0.05) is 13.2 Å². The van der Waals surface area contributed by atoms with Crippen LogP contribution in [0.3, 0.4) is 0 Å². The fourth-order valence-electron chi connectivity index (χ4n) is 1.18. The quantitative estimate of drug-likeness (QED) is 0.484. The summed E-state index contributed by atoms with van der Waals surface area (Å²) in [6.07, 6.45) is -0.225. The molecular weight excluding hydrogens is 166 g/mol. The van der Waals surface area contributed by atoms with Crippen molar-refractivity contribution >= 4 is 0 Å². The highest BCUT2D eigenvalue weighted by molar-refractivity contribution is 5.02. The molecule has 0 aromatic carbocycles. The molecule has 3 nitrogen and oxygen atoms in total. The van der Waals surface area contributed by atoms with E-state index in [1.54, 1.807) is 0 Å².